The first-order chi connectivity index (χ1) is 10.9. The zero-order valence-corrected chi connectivity index (χ0v) is 15.8. The van der Waals surface area contributed by atoms with Crippen LogP contribution in [-0.2, 0) is 18.6 Å². The topological polar surface area (TPSA) is 44.8 Å². The lowest BCUT2D eigenvalue weighted by Gasteiger charge is -2.30. The highest BCUT2D eigenvalue weighted by molar-refractivity contribution is 7.39. The molecule has 1 atom stereocenters. The first-order valence-electron chi connectivity index (χ1n) is 7.78. The molecule has 1 aromatic carbocycles. The van der Waals surface area contributed by atoms with Crippen LogP contribution in [0.3, 0.4) is 0 Å². The first-order valence-corrected chi connectivity index (χ1v) is 9.52. The van der Waals surface area contributed by atoms with E-state index in [9.17, 15) is 4.57 Å². The van der Waals surface area contributed by atoms with Gasteiger partial charge in [-0.25, -0.2) is 0 Å². The van der Waals surface area contributed by atoms with Crippen molar-refractivity contribution in [3.05, 3.63) is 41.1 Å². The predicted octanol–water partition coefficient (Wildman–Crippen LogP) is 5.64. The maximum Gasteiger partial charge on any atom is 0.555 e. The van der Waals surface area contributed by atoms with Crippen molar-refractivity contribution in [2.24, 2.45) is 0 Å². The van der Waals surface area contributed by atoms with Crippen LogP contribution in [-0.4, -0.2) is 25.2 Å². The van der Waals surface area contributed by atoms with Crippen molar-refractivity contribution in [2.45, 2.75) is 39.9 Å². The van der Waals surface area contributed by atoms with E-state index in [4.69, 9.17) is 25.6 Å². The predicted molar refractivity (Wildman–Crippen MR) is 94.9 cm³/mol. The second kappa shape index (κ2) is 10.0. The second-order valence-corrected chi connectivity index (χ2v) is 7.03. The molecule has 4 nitrogen and oxygen atoms in total. The van der Waals surface area contributed by atoms with E-state index in [-0.39, 0.29) is 0 Å². The van der Waals surface area contributed by atoms with Crippen LogP contribution < -0.4 is 0 Å². The van der Waals surface area contributed by atoms with E-state index in [1.165, 1.54) is 0 Å². The molecule has 0 saturated heterocycles. The zero-order chi connectivity index (χ0) is 17.3. The van der Waals surface area contributed by atoms with E-state index in [0.717, 1.165) is 11.1 Å². The molecular formula is C17H25ClO4P+. The van der Waals surface area contributed by atoms with Crippen molar-refractivity contribution >= 4 is 25.2 Å². The molecule has 128 valence electrons. The average Bonchev–Trinajstić information content (AvgIpc) is 2.52. The molecule has 0 aliphatic carbocycles. The molecule has 0 aliphatic rings. The largest absolute Gasteiger partial charge is 0.555 e. The van der Waals surface area contributed by atoms with Crippen molar-refractivity contribution in [3.63, 3.8) is 0 Å². The maximum absolute atomic E-state index is 11.6. The van der Waals surface area contributed by atoms with E-state index in [2.05, 4.69) is 0 Å². The molecule has 1 unspecified atom stereocenters. The van der Waals surface area contributed by atoms with Gasteiger partial charge in [0.05, 0.1) is 0 Å². The van der Waals surface area contributed by atoms with Gasteiger partial charge in [-0.15, -0.1) is 0 Å². The Morgan fingerprint density at radius 3 is 2.22 bits per heavy atom. The Hall–Kier alpha value is -0.930. The summed E-state index contributed by atoms with van der Waals surface area (Å²) in [6.07, 6.45) is 2.48. The number of hydrogen-bond donors (Lipinski definition) is 0. The molecule has 0 N–H and O–H groups in total. The minimum atomic E-state index is -1.70. The summed E-state index contributed by atoms with van der Waals surface area (Å²) in [6.45, 7) is 8.63. The SMILES string of the molecule is CCOC(C)(CC(=CO[P+](=O)CC)c1ccc(Cl)cc1)OCC. The lowest BCUT2D eigenvalue weighted by Crippen LogP contribution is -2.33. The average molecular weight is 360 g/mol. The zero-order valence-electron chi connectivity index (χ0n) is 14.2. The molecule has 0 aliphatic heterocycles. The highest BCUT2D eigenvalue weighted by Gasteiger charge is 2.28. The Kier molecular flexibility index (Phi) is 8.78. The smallest absolute Gasteiger partial charge is 0.350 e. The lowest BCUT2D eigenvalue weighted by molar-refractivity contribution is -0.216. The molecule has 0 amide bonds. The van der Waals surface area contributed by atoms with E-state index in [1.807, 2.05) is 52.0 Å². The second-order valence-electron chi connectivity index (χ2n) is 5.08. The normalized spacial score (nSPS) is 13.1. The van der Waals surface area contributed by atoms with E-state index in [0.29, 0.717) is 30.8 Å². The Labute approximate surface area is 144 Å². The van der Waals surface area contributed by atoms with Crippen molar-refractivity contribution in [2.75, 3.05) is 19.4 Å². The first kappa shape index (κ1) is 20.1. The van der Waals surface area contributed by atoms with Crippen molar-refractivity contribution < 1.29 is 18.6 Å². The Bertz CT molecular complexity index is 522. The molecule has 0 spiro atoms. The van der Waals surface area contributed by atoms with Crippen molar-refractivity contribution in [1.82, 2.24) is 0 Å². The summed E-state index contributed by atoms with van der Waals surface area (Å²) >= 11 is 5.95. The fourth-order valence-electron chi connectivity index (χ4n) is 2.17. The van der Waals surface area contributed by atoms with Gasteiger partial charge in [-0.05, 0) is 50.0 Å². The summed E-state index contributed by atoms with van der Waals surface area (Å²) in [5.41, 5.74) is 1.78. The highest BCUT2D eigenvalue weighted by atomic mass is 35.5. The van der Waals surface area contributed by atoms with Crippen LogP contribution in [0.1, 0.15) is 39.7 Å². The van der Waals surface area contributed by atoms with Gasteiger partial charge in [0.25, 0.3) is 0 Å². The number of benzene rings is 1. The maximum atomic E-state index is 11.6. The molecule has 1 aromatic rings. The van der Waals surface area contributed by atoms with Gasteiger partial charge in [0, 0.05) is 30.2 Å². The number of hydrogen-bond acceptors (Lipinski definition) is 4. The van der Waals surface area contributed by atoms with Gasteiger partial charge in [-0.1, -0.05) is 23.7 Å². The summed E-state index contributed by atoms with van der Waals surface area (Å²) < 4.78 is 28.5. The van der Waals surface area contributed by atoms with Crippen LogP contribution in [0, 0.1) is 0 Å². The Balaban J connectivity index is 3.07. The summed E-state index contributed by atoms with van der Waals surface area (Å²) in [6, 6.07) is 7.41. The van der Waals surface area contributed by atoms with Crippen LogP contribution in [0.4, 0.5) is 0 Å². The van der Waals surface area contributed by atoms with Gasteiger partial charge >= 0.3 is 8.03 Å². The van der Waals surface area contributed by atoms with Gasteiger partial charge in [-0.3, -0.25) is 4.52 Å². The standard InChI is InChI=1S/C17H25ClO4P/c1-5-20-17(4,21-6-2)12-15(13-22-23(19)7-3)14-8-10-16(18)11-9-14/h8-11,13H,5-7,12H2,1-4H3/q+1. The minimum absolute atomic E-state index is 0.466. The Morgan fingerprint density at radius 1 is 1.17 bits per heavy atom. The summed E-state index contributed by atoms with van der Waals surface area (Å²) in [5, 5.41) is 0.658. The summed E-state index contributed by atoms with van der Waals surface area (Å²) in [7, 11) is -1.70. The van der Waals surface area contributed by atoms with E-state index < -0.39 is 13.8 Å². The van der Waals surface area contributed by atoms with Crippen LogP contribution in [0.25, 0.3) is 5.57 Å². The molecule has 6 heteroatoms. The highest BCUT2D eigenvalue weighted by Crippen LogP contribution is 2.32. The number of ether oxygens (including phenoxy) is 2. The molecule has 23 heavy (non-hydrogen) atoms. The molecule has 0 heterocycles. The van der Waals surface area contributed by atoms with Crippen LogP contribution >= 0.6 is 19.6 Å². The molecule has 0 aromatic heterocycles. The third-order valence-electron chi connectivity index (χ3n) is 3.20. The van der Waals surface area contributed by atoms with Crippen LogP contribution in [0.2, 0.25) is 5.02 Å². The molecule has 0 bridgehead atoms. The summed E-state index contributed by atoms with van der Waals surface area (Å²) in [5.74, 6) is -0.768. The van der Waals surface area contributed by atoms with Crippen molar-refractivity contribution in [1.29, 1.82) is 0 Å². The third kappa shape index (κ3) is 7.01. The minimum Gasteiger partial charge on any atom is -0.350 e. The van der Waals surface area contributed by atoms with Gasteiger partial charge in [0.2, 0.25) is 0 Å². The fourth-order valence-corrected chi connectivity index (χ4v) is 2.69. The molecule has 0 radical (unpaired) electrons. The molecule has 1 rings (SSSR count). The van der Waals surface area contributed by atoms with Gasteiger partial charge < -0.3 is 9.47 Å². The van der Waals surface area contributed by atoms with Gasteiger partial charge in [-0.2, -0.15) is 0 Å². The molecular weight excluding hydrogens is 335 g/mol. The summed E-state index contributed by atoms with van der Waals surface area (Å²) in [4.78, 5) is 0. The Morgan fingerprint density at radius 2 is 1.74 bits per heavy atom. The van der Waals surface area contributed by atoms with E-state index in [1.54, 1.807) is 6.26 Å². The van der Waals surface area contributed by atoms with Gasteiger partial charge in [0.15, 0.2) is 18.2 Å². The van der Waals surface area contributed by atoms with Gasteiger partial charge in [0.1, 0.15) is 0 Å². The quantitative estimate of drug-likeness (QED) is 0.308. The number of halogens is 1. The third-order valence-corrected chi connectivity index (χ3v) is 4.31. The van der Waals surface area contributed by atoms with E-state index >= 15 is 0 Å². The number of rotatable bonds is 10. The molecule has 0 saturated carbocycles. The molecule has 0 fully saturated rings. The lowest BCUT2D eigenvalue weighted by atomic mass is 9.99. The van der Waals surface area contributed by atoms with Crippen LogP contribution in [0.5, 0.6) is 0 Å². The monoisotopic (exact) mass is 359 g/mol. The fraction of sp³-hybridized carbons (Fsp3) is 0.529. The van der Waals surface area contributed by atoms with Crippen molar-refractivity contribution in [3.8, 4) is 0 Å². The van der Waals surface area contributed by atoms with Crippen LogP contribution in [0.15, 0.2) is 30.5 Å².